The van der Waals surface area contributed by atoms with E-state index in [0.29, 0.717) is 10.8 Å². The molecule has 4 N–H and O–H groups in total. The number of hydrogen-bond donors (Lipinski definition) is 4. The van der Waals surface area contributed by atoms with Gasteiger partial charge in [0.15, 0.2) is 6.23 Å². The average molecular weight is 262 g/mol. The summed E-state index contributed by atoms with van der Waals surface area (Å²) in [5.41, 5.74) is -2.28. The maximum Gasteiger partial charge on any atom is 0.330 e. The van der Waals surface area contributed by atoms with Crippen LogP contribution in [0.4, 0.5) is 4.39 Å². The second kappa shape index (κ2) is 4.61. The molecule has 0 bridgehead atoms. The third-order valence-electron chi connectivity index (χ3n) is 2.69. The Kier molecular flexibility index (Phi) is 3.30. The van der Waals surface area contributed by atoms with Crippen LogP contribution in [0, 0.1) is 5.82 Å². The minimum atomic E-state index is -1.73. The Balaban J connectivity index is 2.47. The zero-order chi connectivity index (χ0) is 13.4. The van der Waals surface area contributed by atoms with Crippen LogP contribution in [0.15, 0.2) is 15.8 Å². The highest BCUT2D eigenvalue weighted by molar-refractivity contribution is 4.93. The van der Waals surface area contributed by atoms with Gasteiger partial charge >= 0.3 is 5.69 Å². The molecule has 0 aliphatic carbocycles. The summed E-state index contributed by atoms with van der Waals surface area (Å²) in [6, 6.07) is 0. The smallest absolute Gasteiger partial charge is 0.330 e. The number of ether oxygens (including phenoxy) is 1. The quantitative estimate of drug-likeness (QED) is 0.436. The van der Waals surface area contributed by atoms with Crippen molar-refractivity contribution in [1.82, 2.24) is 9.55 Å². The molecule has 0 radical (unpaired) electrons. The number of nitrogens with one attached hydrogen (secondary N) is 1. The molecular weight excluding hydrogens is 251 g/mol. The van der Waals surface area contributed by atoms with Crippen molar-refractivity contribution in [2.24, 2.45) is 0 Å². The summed E-state index contributed by atoms with van der Waals surface area (Å²) >= 11 is 0. The van der Waals surface area contributed by atoms with Crippen LogP contribution in [0.2, 0.25) is 0 Å². The van der Waals surface area contributed by atoms with Crippen molar-refractivity contribution in [2.45, 2.75) is 24.5 Å². The van der Waals surface area contributed by atoms with Gasteiger partial charge in [0.2, 0.25) is 5.82 Å². The molecule has 1 unspecified atom stereocenters. The van der Waals surface area contributed by atoms with Gasteiger partial charge < -0.3 is 25.0 Å². The van der Waals surface area contributed by atoms with Gasteiger partial charge in [0.1, 0.15) is 18.3 Å². The molecule has 100 valence electrons. The zero-order valence-electron chi connectivity index (χ0n) is 8.99. The van der Waals surface area contributed by atoms with E-state index in [-0.39, 0.29) is 0 Å². The van der Waals surface area contributed by atoms with E-state index in [4.69, 9.17) is 4.74 Å². The van der Waals surface area contributed by atoms with Crippen LogP contribution >= 0.6 is 0 Å². The van der Waals surface area contributed by atoms with Crippen molar-refractivity contribution in [3.8, 4) is 0 Å². The van der Waals surface area contributed by atoms with Gasteiger partial charge in [0.25, 0.3) is 5.56 Å². The number of nitrogens with zero attached hydrogens (tertiary/aromatic N) is 1. The lowest BCUT2D eigenvalue weighted by Crippen LogP contribution is -2.55. The van der Waals surface area contributed by atoms with Crippen molar-refractivity contribution in [1.29, 1.82) is 0 Å². The molecule has 8 nitrogen and oxygen atoms in total. The normalized spacial score (nSPS) is 32.4. The largest absolute Gasteiger partial charge is 0.388 e. The number of rotatable bonds is 1. The minimum absolute atomic E-state index is 0.315. The van der Waals surface area contributed by atoms with Crippen molar-refractivity contribution < 1.29 is 24.4 Å². The molecule has 2 rings (SSSR count). The molecule has 18 heavy (non-hydrogen) atoms. The Hall–Kier alpha value is -1.55. The highest BCUT2D eigenvalue weighted by Gasteiger charge is 2.40. The van der Waals surface area contributed by atoms with Crippen LogP contribution in [0.5, 0.6) is 0 Å². The predicted octanol–water partition coefficient (Wildman–Crippen LogP) is -2.71. The van der Waals surface area contributed by atoms with Gasteiger partial charge in [-0.3, -0.25) is 4.79 Å². The number of aromatic nitrogens is 2. The van der Waals surface area contributed by atoms with Gasteiger partial charge in [-0.25, -0.2) is 9.36 Å². The minimum Gasteiger partial charge on any atom is -0.388 e. The van der Waals surface area contributed by atoms with Crippen molar-refractivity contribution in [3.05, 3.63) is 32.9 Å². The molecule has 1 aliphatic heterocycles. The number of aromatic amines is 1. The topological polar surface area (TPSA) is 125 Å². The van der Waals surface area contributed by atoms with E-state index in [1.807, 2.05) is 4.98 Å². The average Bonchev–Trinajstić information content (AvgIpc) is 2.34. The van der Waals surface area contributed by atoms with E-state index < -0.39 is 48.2 Å². The summed E-state index contributed by atoms with van der Waals surface area (Å²) in [5.74, 6) is -1.23. The second-order valence-corrected chi connectivity index (χ2v) is 3.89. The Morgan fingerprint density at radius 1 is 1.33 bits per heavy atom. The number of halogens is 1. The van der Waals surface area contributed by atoms with Gasteiger partial charge in [-0.05, 0) is 0 Å². The first kappa shape index (κ1) is 12.9. The monoisotopic (exact) mass is 262 g/mol. The van der Waals surface area contributed by atoms with Crippen LogP contribution in [-0.2, 0) is 4.74 Å². The van der Waals surface area contributed by atoms with E-state index in [9.17, 15) is 29.3 Å². The van der Waals surface area contributed by atoms with E-state index in [1.54, 1.807) is 0 Å². The number of hydrogen-bond acceptors (Lipinski definition) is 6. The van der Waals surface area contributed by atoms with Crippen LogP contribution in [0.3, 0.4) is 0 Å². The molecule has 0 spiro atoms. The molecule has 1 fully saturated rings. The third kappa shape index (κ3) is 1.97. The Bertz CT molecular complexity index is 555. The lowest BCUT2D eigenvalue weighted by molar-refractivity contribution is -0.212. The fourth-order valence-electron chi connectivity index (χ4n) is 1.71. The number of aliphatic hydroxyl groups is 3. The Morgan fingerprint density at radius 2 is 2.00 bits per heavy atom. The summed E-state index contributed by atoms with van der Waals surface area (Å²) in [6.07, 6.45) is -5.65. The number of aliphatic hydroxyl groups excluding tert-OH is 3. The molecule has 2 heterocycles. The molecule has 0 amide bonds. The first-order valence-corrected chi connectivity index (χ1v) is 5.09. The Morgan fingerprint density at radius 3 is 2.67 bits per heavy atom. The third-order valence-corrected chi connectivity index (χ3v) is 2.69. The second-order valence-electron chi connectivity index (χ2n) is 3.89. The fourth-order valence-corrected chi connectivity index (χ4v) is 1.71. The summed E-state index contributed by atoms with van der Waals surface area (Å²) in [4.78, 5) is 24.8. The van der Waals surface area contributed by atoms with Gasteiger partial charge in [-0.15, -0.1) is 0 Å². The van der Waals surface area contributed by atoms with Crippen LogP contribution in [0.25, 0.3) is 0 Å². The molecule has 9 heteroatoms. The maximum absolute atomic E-state index is 13.1. The standard InChI is InChI=1S/C9H11FN2O6/c10-3-1-11-9(17)12(7(3)16)8-6(15)5(14)4(13)2-18-8/h1,4-6,8,13-15H,2H2,(H,11,17)/t4-,5-,6+,8?/m0/s1. The lowest BCUT2D eigenvalue weighted by Gasteiger charge is -2.35. The maximum atomic E-state index is 13.1. The van der Waals surface area contributed by atoms with E-state index in [2.05, 4.69) is 0 Å². The summed E-state index contributed by atoms with van der Waals surface area (Å²) < 4.78 is 18.3. The highest BCUT2D eigenvalue weighted by atomic mass is 19.1. The summed E-state index contributed by atoms with van der Waals surface area (Å²) in [5, 5.41) is 28.3. The lowest BCUT2D eigenvalue weighted by atomic mass is 10.0. The van der Waals surface area contributed by atoms with Crippen molar-refractivity contribution in [2.75, 3.05) is 6.61 Å². The van der Waals surface area contributed by atoms with E-state index in [0.717, 1.165) is 0 Å². The SMILES string of the molecule is O=c1[nH]cc(F)c(=O)n1C1OC[C@H](O)[C@H](O)[C@H]1O. The molecule has 0 saturated carbocycles. The molecule has 4 atom stereocenters. The van der Waals surface area contributed by atoms with Crippen LogP contribution in [0.1, 0.15) is 6.23 Å². The first-order chi connectivity index (χ1) is 8.43. The zero-order valence-corrected chi connectivity index (χ0v) is 8.99. The molecule has 1 aliphatic rings. The van der Waals surface area contributed by atoms with Gasteiger partial charge in [0, 0.05) is 6.20 Å². The van der Waals surface area contributed by atoms with Gasteiger partial charge in [-0.2, -0.15) is 4.39 Å². The molecular formula is C9H11FN2O6. The van der Waals surface area contributed by atoms with Crippen molar-refractivity contribution in [3.63, 3.8) is 0 Å². The van der Waals surface area contributed by atoms with E-state index >= 15 is 0 Å². The molecule has 1 aromatic rings. The Labute approximate surface area is 98.9 Å². The molecule has 1 aromatic heterocycles. The van der Waals surface area contributed by atoms with Gasteiger partial charge in [0.05, 0.1) is 6.61 Å². The molecule has 1 saturated heterocycles. The number of H-pyrrole nitrogens is 1. The summed E-state index contributed by atoms with van der Waals surface area (Å²) in [6.45, 7) is -0.398. The van der Waals surface area contributed by atoms with E-state index in [1.165, 1.54) is 0 Å². The van der Waals surface area contributed by atoms with Crippen LogP contribution < -0.4 is 11.2 Å². The van der Waals surface area contributed by atoms with Crippen LogP contribution in [-0.4, -0.2) is 49.8 Å². The van der Waals surface area contributed by atoms with Gasteiger partial charge in [-0.1, -0.05) is 0 Å². The predicted molar refractivity (Wildman–Crippen MR) is 54.3 cm³/mol. The summed E-state index contributed by atoms with van der Waals surface area (Å²) in [7, 11) is 0. The fraction of sp³-hybridized carbons (Fsp3) is 0.556. The molecule has 0 aromatic carbocycles. The first-order valence-electron chi connectivity index (χ1n) is 5.09. The van der Waals surface area contributed by atoms with Crippen molar-refractivity contribution >= 4 is 0 Å². The highest BCUT2D eigenvalue weighted by Crippen LogP contribution is 2.21.